The molecule has 1 aromatic carbocycles. The Hall–Kier alpha value is -1.75. The van der Waals surface area contributed by atoms with E-state index in [2.05, 4.69) is 0 Å². The summed E-state index contributed by atoms with van der Waals surface area (Å²) in [6.07, 6.45) is 0.260. The van der Waals surface area contributed by atoms with Gasteiger partial charge in [0.15, 0.2) is 11.5 Å². The Labute approximate surface area is 100 Å². The zero-order chi connectivity index (χ0) is 12.7. The fourth-order valence-electron chi connectivity index (χ4n) is 1.26. The van der Waals surface area contributed by atoms with Gasteiger partial charge >= 0.3 is 5.97 Å². The lowest BCUT2D eigenvalue weighted by atomic mass is 10.2. The minimum absolute atomic E-state index is 0.248. The molecule has 0 amide bonds. The Balaban J connectivity index is 2.48. The molecular weight excluding hydrogens is 222 g/mol. The van der Waals surface area contributed by atoms with Crippen molar-refractivity contribution in [3.05, 3.63) is 24.3 Å². The lowest BCUT2D eigenvalue weighted by Gasteiger charge is -2.12. The average molecular weight is 239 g/mol. The van der Waals surface area contributed by atoms with Gasteiger partial charge in [0.2, 0.25) is 0 Å². The minimum Gasteiger partial charge on any atom is -0.490 e. The van der Waals surface area contributed by atoms with Crippen LogP contribution in [-0.2, 0) is 4.79 Å². The standard InChI is InChI=1S/C12H17NO4/c1-2-16-10-5-3-4-6-11(10)17-8-7-9(13)12(14)15/h3-6,9H,2,7-8,13H2,1H3,(H,14,15)/t9-/m0/s1. The molecule has 0 aliphatic rings. The number of carboxylic acids is 1. The van der Waals surface area contributed by atoms with E-state index in [9.17, 15) is 4.79 Å². The molecule has 0 saturated carbocycles. The van der Waals surface area contributed by atoms with E-state index in [1.165, 1.54) is 0 Å². The lowest BCUT2D eigenvalue weighted by molar-refractivity contribution is -0.138. The molecule has 1 atom stereocenters. The first-order valence-corrected chi connectivity index (χ1v) is 5.48. The number of hydrogen-bond donors (Lipinski definition) is 2. The van der Waals surface area contributed by atoms with Crippen LogP contribution >= 0.6 is 0 Å². The van der Waals surface area contributed by atoms with Gasteiger partial charge in [-0.05, 0) is 19.1 Å². The molecule has 0 unspecified atom stereocenters. The van der Waals surface area contributed by atoms with Gasteiger partial charge in [0.05, 0.1) is 13.2 Å². The topological polar surface area (TPSA) is 81.8 Å². The van der Waals surface area contributed by atoms with Gasteiger partial charge in [-0.2, -0.15) is 0 Å². The Morgan fingerprint density at radius 3 is 2.47 bits per heavy atom. The molecule has 0 bridgehead atoms. The van der Waals surface area contributed by atoms with Gasteiger partial charge in [-0.3, -0.25) is 4.79 Å². The van der Waals surface area contributed by atoms with Gasteiger partial charge in [0.25, 0.3) is 0 Å². The van der Waals surface area contributed by atoms with Crippen LogP contribution in [0.2, 0.25) is 0 Å². The first kappa shape index (κ1) is 13.3. The van der Waals surface area contributed by atoms with Crippen LogP contribution < -0.4 is 15.2 Å². The highest BCUT2D eigenvalue weighted by Gasteiger charge is 2.11. The van der Waals surface area contributed by atoms with Crippen LogP contribution in [0.25, 0.3) is 0 Å². The summed E-state index contributed by atoms with van der Waals surface area (Å²) in [5.74, 6) is 0.234. The SMILES string of the molecule is CCOc1ccccc1OCC[C@H](N)C(=O)O. The summed E-state index contributed by atoms with van der Waals surface area (Å²) < 4.78 is 10.8. The van der Waals surface area contributed by atoms with Gasteiger partial charge in [0, 0.05) is 6.42 Å². The molecule has 0 fully saturated rings. The molecular formula is C12H17NO4. The summed E-state index contributed by atoms with van der Waals surface area (Å²) >= 11 is 0. The second-order valence-electron chi connectivity index (χ2n) is 3.46. The highest BCUT2D eigenvalue weighted by atomic mass is 16.5. The van der Waals surface area contributed by atoms with Crippen molar-refractivity contribution < 1.29 is 19.4 Å². The Morgan fingerprint density at radius 2 is 1.94 bits per heavy atom. The number of ether oxygens (including phenoxy) is 2. The van der Waals surface area contributed by atoms with Crippen molar-refractivity contribution in [3.63, 3.8) is 0 Å². The molecule has 0 aliphatic carbocycles. The zero-order valence-electron chi connectivity index (χ0n) is 9.76. The summed E-state index contributed by atoms with van der Waals surface area (Å²) in [5, 5.41) is 8.61. The number of nitrogens with two attached hydrogens (primary N) is 1. The Morgan fingerprint density at radius 1 is 1.35 bits per heavy atom. The van der Waals surface area contributed by atoms with E-state index in [1.54, 1.807) is 12.1 Å². The number of hydrogen-bond acceptors (Lipinski definition) is 4. The summed E-state index contributed by atoms with van der Waals surface area (Å²) in [5.41, 5.74) is 5.37. The van der Waals surface area contributed by atoms with Crippen molar-refractivity contribution in [2.24, 2.45) is 5.73 Å². The van der Waals surface area contributed by atoms with Crippen molar-refractivity contribution in [1.29, 1.82) is 0 Å². The Kier molecular flexibility index (Phi) is 5.29. The van der Waals surface area contributed by atoms with E-state index in [4.69, 9.17) is 20.3 Å². The number of carboxylic acid groups (broad SMARTS) is 1. The van der Waals surface area contributed by atoms with Gasteiger partial charge in [0.1, 0.15) is 6.04 Å². The van der Waals surface area contributed by atoms with Crippen molar-refractivity contribution in [3.8, 4) is 11.5 Å². The third-order valence-corrected chi connectivity index (χ3v) is 2.15. The molecule has 0 aromatic heterocycles. The summed E-state index contributed by atoms with van der Waals surface area (Å²) in [6, 6.07) is 6.36. The summed E-state index contributed by atoms with van der Waals surface area (Å²) in [7, 11) is 0. The van der Waals surface area contributed by atoms with Crippen LogP contribution in [0, 0.1) is 0 Å². The molecule has 94 valence electrons. The maximum absolute atomic E-state index is 10.5. The van der Waals surface area contributed by atoms with Crippen LogP contribution in [0.3, 0.4) is 0 Å². The molecule has 0 spiro atoms. The fraction of sp³-hybridized carbons (Fsp3) is 0.417. The van der Waals surface area contributed by atoms with Gasteiger partial charge < -0.3 is 20.3 Å². The molecule has 1 aromatic rings. The first-order valence-electron chi connectivity index (χ1n) is 5.48. The number of para-hydroxylation sites is 2. The largest absolute Gasteiger partial charge is 0.490 e. The molecule has 0 aliphatic heterocycles. The molecule has 1 rings (SSSR count). The van der Waals surface area contributed by atoms with Gasteiger partial charge in [-0.15, -0.1) is 0 Å². The molecule has 5 heteroatoms. The lowest BCUT2D eigenvalue weighted by Crippen LogP contribution is -2.31. The second kappa shape index (κ2) is 6.75. The smallest absolute Gasteiger partial charge is 0.320 e. The maximum Gasteiger partial charge on any atom is 0.320 e. The average Bonchev–Trinajstić information content (AvgIpc) is 2.31. The Bertz CT molecular complexity index is 367. The number of carbonyl (C=O) groups is 1. The third-order valence-electron chi connectivity index (χ3n) is 2.15. The van der Waals surface area contributed by atoms with E-state index in [1.807, 2.05) is 19.1 Å². The number of rotatable bonds is 7. The van der Waals surface area contributed by atoms with E-state index < -0.39 is 12.0 Å². The van der Waals surface area contributed by atoms with Crippen molar-refractivity contribution in [2.75, 3.05) is 13.2 Å². The van der Waals surface area contributed by atoms with Crippen LogP contribution in [0.15, 0.2) is 24.3 Å². The fourth-order valence-corrected chi connectivity index (χ4v) is 1.26. The summed E-state index contributed by atoms with van der Waals surface area (Å²) in [4.78, 5) is 10.5. The van der Waals surface area contributed by atoms with Crippen molar-refractivity contribution >= 4 is 5.97 Å². The predicted octanol–water partition coefficient (Wildman–Crippen LogP) is 1.27. The molecule has 17 heavy (non-hydrogen) atoms. The molecule has 0 saturated heterocycles. The molecule has 3 N–H and O–H groups in total. The predicted molar refractivity (Wildman–Crippen MR) is 63.3 cm³/mol. The van der Waals surface area contributed by atoms with E-state index in [0.717, 1.165) is 0 Å². The zero-order valence-corrected chi connectivity index (χ0v) is 9.76. The number of benzene rings is 1. The van der Waals surface area contributed by atoms with E-state index in [-0.39, 0.29) is 13.0 Å². The van der Waals surface area contributed by atoms with Crippen LogP contribution in [0.1, 0.15) is 13.3 Å². The quantitative estimate of drug-likeness (QED) is 0.748. The van der Waals surface area contributed by atoms with Crippen molar-refractivity contribution in [2.45, 2.75) is 19.4 Å². The first-order chi connectivity index (χ1) is 8.15. The highest BCUT2D eigenvalue weighted by molar-refractivity contribution is 5.72. The van der Waals surface area contributed by atoms with E-state index >= 15 is 0 Å². The molecule has 0 heterocycles. The van der Waals surface area contributed by atoms with E-state index in [0.29, 0.717) is 18.1 Å². The van der Waals surface area contributed by atoms with Crippen LogP contribution in [-0.4, -0.2) is 30.3 Å². The van der Waals surface area contributed by atoms with Gasteiger partial charge in [-0.1, -0.05) is 12.1 Å². The summed E-state index contributed by atoms with van der Waals surface area (Å²) in [6.45, 7) is 2.68. The van der Waals surface area contributed by atoms with Gasteiger partial charge in [-0.25, -0.2) is 0 Å². The monoisotopic (exact) mass is 239 g/mol. The van der Waals surface area contributed by atoms with Crippen LogP contribution in [0.5, 0.6) is 11.5 Å². The second-order valence-corrected chi connectivity index (χ2v) is 3.46. The minimum atomic E-state index is -1.02. The number of aliphatic carboxylic acids is 1. The maximum atomic E-state index is 10.5. The molecule has 5 nitrogen and oxygen atoms in total. The molecule has 0 radical (unpaired) electrons. The van der Waals surface area contributed by atoms with Crippen molar-refractivity contribution in [1.82, 2.24) is 0 Å². The van der Waals surface area contributed by atoms with Crippen LogP contribution in [0.4, 0.5) is 0 Å². The highest BCUT2D eigenvalue weighted by Crippen LogP contribution is 2.26. The third kappa shape index (κ3) is 4.32. The normalized spacial score (nSPS) is 11.9.